The zero-order valence-electron chi connectivity index (χ0n) is 17.5. The van der Waals surface area contributed by atoms with E-state index in [0.717, 1.165) is 12.1 Å². The highest BCUT2D eigenvalue weighted by Crippen LogP contribution is 2.27. The number of non-ortho nitro benzene ring substituents is 1. The molecule has 11 nitrogen and oxygen atoms in total. The molecule has 3 aromatic carbocycles. The first-order valence-corrected chi connectivity index (χ1v) is 10.00. The molecule has 12 heteroatoms. The number of anilines is 1. The van der Waals surface area contributed by atoms with Gasteiger partial charge in [-0.15, -0.1) is 0 Å². The Morgan fingerprint density at radius 2 is 1.69 bits per heavy atom. The summed E-state index contributed by atoms with van der Waals surface area (Å²) in [6.07, 6.45) is 1.27. The van der Waals surface area contributed by atoms with Crippen LogP contribution in [-0.4, -0.2) is 21.7 Å². The van der Waals surface area contributed by atoms with E-state index >= 15 is 0 Å². The standard InChI is InChI=1S/C23H13ClN4O7/c24-19-12-16(27(31)32)7-10-20(19)26-22(29)15(13-25)11-14-5-8-17(9-6-14)35-23(30)18-3-1-2-4-21(18)28(33)34/h1-12H,(H,26,29). The Balaban J connectivity index is 1.73. The molecule has 1 N–H and O–H groups in total. The number of ether oxygens (including phenoxy) is 1. The topological polar surface area (TPSA) is 165 Å². The Labute approximate surface area is 202 Å². The minimum absolute atomic E-state index is 0.0744. The lowest BCUT2D eigenvalue weighted by Gasteiger charge is -2.07. The van der Waals surface area contributed by atoms with Crippen LogP contribution in [0, 0.1) is 31.6 Å². The number of nitro groups is 2. The molecule has 0 bridgehead atoms. The largest absolute Gasteiger partial charge is 0.423 e. The number of carbonyl (C=O) groups excluding carboxylic acids is 2. The van der Waals surface area contributed by atoms with E-state index in [0.29, 0.717) is 5.56 Å². The van der Waals surface area contributed by atoms with Gasteiger partial charge in [-0.2, -0.15) is 5.26 Å². The number of benzene rings is 3. The maximum Gasteiger partial charge on any atom is 0.350 e. The number of rotatable bonds is 7. The number of halogens is 1. The van der Waals surface area contributed by atoms with Crippen molar-refractivity contribution in [3.8, 4) is 11.8 Å². The number of hydrogen-bond acceptors (Lipinski definition) is 8. The number of nitro benzene ring substituents is 2. The number of carbonyl (C=O) groups is 2. The highest BCUT2D eigenvalue weighted by molar-refractivity contribution is 6.34. The van der Waals surface area contributed by atoms with Gasteiger partial charge in [-0.1, -0.05) is 35.9 Å². The molecule has 0 aliphatic rings. The summed E-state index contributed by atoms with van der Waals surface area (Å²) in [4.78, 5) is 45.3. The van der Waals surface area contributed by atoms with Crippen molar-refractivity contribution in [1.82, 2.24) is 0 Å². The minimum Gasteiger partial charge on any atom is -0.423 e. The van der Waals surface area contributed by atoms with Crippen LogP contribution in [0.15, 0.2) is 72.3 Å². The fourth-order valence-electron chi connectivity index (χ4n) is 2.82. The molecule has 0 spiro atoms. The van der Waals surface area contributed by atoms with Crippen molar-refractivity contribution in [1.29, 1.82) is 5.26 Å². The number of nitriles is 1. The van der Waals surface area contributed by atoms with Crippen molar-refractivity contribution in [2.45, 2.75) is 0 Å². The SMILES string of the molecule is N#CC(=Cc1ccc(OC(=O)c2ccccc2[N+](=O)[O-])cc1)C(=O)Nc1ccc([N+](=O)[O-])cc1Cl. The van der Waals surface area contributed by atoms with Gasteiger partial charge in [0.2, 0.25) is 0 Å². The molecule has 1 amide bonds. The molecule has 0 heterocycles. The lowest BCUT2D eigenvalue weighted by molar-refractivity contribution is -0.385. The summed E-state index contributed by atoms with van der Waals surface area (Å²) in [5.74, 6) is -1.63. The molecule has 0 unspecified atom stereocenters. The quantitative estimate of drug-likeness (QED) is 0.121. The van der Waals surface area contributed by atoms with Crippen molar-refractivity contribution >= 4 is 46.6 Å². The molecule has 3 rings (SSSR count). The fraction of sp³-hybridized carbons (Fsp3) is 0. The average molecular weight is 493 g/mol. The van der Waals surface area contributed by atoms with E-state index in [2.05, 4.69) is 5.32 Å². The van der Waals surface area contributed by atoms with Crippen LogP contribution in [-0.2, 0) is 4.79 Å². The molecular formula is C23H13ClN4O7. The Kier molecular flexibility index (Phi) is 7.50. The van der Waals surface area contributed by atoms with E-state index in [1.165, 1.54) is 60.7 Å². The van der Waals surface area contributed by atoms with Crippen LogP contribution in [0.1, 0.15) is 15.9 Å². The van der Waals surface area contributed by atoms with Gasteiger partial charge in [0.25, 0.3) is 17.3 Å². The summed E-state index contributed by atoms with van der Waals surface area (Å²) >= 11 is 5.96. The van der Waals surface area contributed by atoms with E-state index in [1.807, 2.05) is 0 Å². The predicted octanol–water partition coefficient (Wildman–Crippen LogP) is 4.92. The Hall–Kier alpha value is -5.08. The minimum atomic E-state index is -0.919. The first-order valence-electron chi connectivity index (χ1n) is 9.62. The van der Waals surface area contributed by atoms with E-state index < -0.39 is 27.4 Å². The van der Waals surface area contributed by atoms with Crippen LogP contribution < -0.4 is 10.1 Å². The fourth-order valence-corrected chi connectivity index (χ4v) is 3.05. The molecule has 0 fully saturated rings. The normalized spacial score (nSPS) is 10.7. The molecule has 0 atom stereocenters. The summed E-state index contributed by atoms with van der Waals surface area (Å²) in [5.41, 5.74) is -0.655. The summed E-state index contributed by atoms with van der Waals surface area (Å²) < 4.78 is 5.17. The second kappa shape index (κ2) is 10.7. The number of hydrogen-bond donors (Lipinski definition) is 1. The molecule has 0 aromatic heterocycles. The highest BCUT2D eigenvalue weighted by atomic mass is 35.5. The maximum atomic E-state index is 12.5. The molecule has 3 aromatic rings. The predicted molar refractivity (Wildman–Crippen MR) is 125 cm³/mol. The molecule has 0 saturated heterocycles. The third kappa shape index (κ3) is 6.04. The van der Waals surface area contributed by atoms with Gasteiger partial charge < -0.3 is 10.1 Å². The Morgan fingerprint density at radius 1 is 1.00 bits per heavy atom. The van der Waals surface area contributed by atoms with Gasteiger partial charge in [-0.3, -0.25) is 25.0 Å². The number of para-hydroxylation sites is 1. The number of nitrogens with zero attached hydrogens (tertiary/aromatic N) is 3. The third-order valence-electron chi connectivity index (χ3n) is 4.50. The maximum absolute atomic E-state index is 12.5. The Morgan fingerprint density at radius 3 is 2.29 bits per heavy atom. The lowest BCUT2D eigenvalue weighted by atomic mass is 10.1. The van der Waals surface area contributed by atoms with Crippen molar-refractivity contribution in [2.75, 3.05) is 5.32 Å². The molecule has 0 saturated carbocycles. The smallest absolute Gasteiger partial charge is 0.350 e. The highest BCUT2D eigenvalue weighted by Gasteiger charge is 2.21. The van der Waals surface area contributed by atoms with Gasteiger partial charge >= 0.3 is 5.97 Å². The molecular weight excluding hydrogens is 480 g/mol. The first kappa shape index (κ1) is 24.6. The van der Waals surface area contributed by atoms with Gasteiger partial charge in [0.05, 0.1) is 20.6 Å². The van der Waals surface area contributed by atoms with Crippen LogP contribution in [0.3, 0.4) is 0 Å². The van der Waals surface area contributed by atoms with E-state index in [4.69, 9.17) is 16.3 Å². The molecule has 0 radical (unpaired) electrons. The first-order chi connectivity index (χ1) is 16.7. The number of amides is 1. The summed E-state index contributed by atoms with van der Waals surface area (Å²) in [6.45, 7) is 0. The monoisotopic (exact) mass is 492 g/mol. The summed E-state index contributed by atoms with van der Waals surface area (Å²) in [6, 6.07) is 16.3. The summed E-state index contributed by atoms with van der Waals surface area (Å²) in [5, 5.41) is 33.6. The average Bonchev–Trinajstić information content (AvgIpc) is 2.84. The zero-order valence-corrected chi connectivity index (χ0v) is 18.3. The van der Waals surface area contributed by atoms with Crippen molar-refractivity contribution < 1.29 is 24.2 Å². The molecule has 0 aliphatic heterocycles. The van der Waals surface area contributed by atoms with Crippen LogP contribution >= 0.6 is 11.6 Å². The second-order valence-corrected chi connectivity index (χ2v) is 7.19. The number of esters is 1. The van der Waals surface area contributed by atoms with Gasteiger partial charge in [0, 0.05) is 18.2 Å². The van der Waals surface area contributed by atoms with E-state index in [9.17, 15) is 35.1 Å². The lowest BCUT2D eigenvalue weighted by Crippen LogP contribution is -2.13. The molecule has 35 heavy (non-hydrogen) atoms. The van der Waals surface area contributed by atoms with Crippen molar-refractivity contribution in [3.05, 3.63) is 109 Å². The van der Waals surface area contributed by atoms with Crippen LogP contribution in [0.4, 0.5) is 17.1 Å². The Bertz CT molecular complexity index is 1410. The number of nitrogens with one attached hydrogen (secondary N) is 1. The molecule has 0 aliphatic carbocycles. The second-order valence-electron chi connectivity index (χ2n) is 6.78. The van der Waals surface area contributed by atoms with Gasteiger partial charge in [0.15, 0.2) is 0 Å². The van der Waals surface area contributed by atoms with Crippen LogP contribution in [0.5, 0.6) is 5.75 Å². The van der Waals surface area contributed by atoms with Crippen LogP contribution in [0.2, 0.25) is 5.02 Å². The molecule has 174 valence electrons. The zero-order chi connectivity index (χ0) is 25.5. The van der Waals surface area contributed by atoms with Gasteiger partial charge in [-0.05, 0) is 35.9 Å². The van der Waals surface area contributed by atoms with E-state index in [1.54, 1.807) is 6.07 Å². The van der Waals surface area contributed by atoms with Crippen molar-refractivity contribution in [2.24, 2.45) is 0 Å². The third-order valence-corrected chi connectivity index (χ3v) is 4.81. The summed E-state index contributed by atoms with van der Waals surface area (Å²) in [7, 11) is 0. The van der Waals surface area contributed by atoms with E-state index in [-0.39, 0.29) is 33.3 Å². The van der Waals surface area contributed by atoms with Gasteiger partial charge in [-0.25, -0.2) is 4.79 Å². The van der Waals surface area contributed by atoms with Crippen LogP contribution in [0.25, 0.3) is 6.08 Å². The van der Waals surface area contributed by atoms with Gasteiger partial charge in [0.1, 0.15) is 23.0 Å². The van der Waals surface area contributed by atoms with Crippen molar-refractivity contribution in [3.63, 3.8) is 0 Å².